The van der Waals surface area contributed by atoms with Crippen molar-refractivity contribution >= 4 is 0 Å². The van der Waals surface area contributed by atoms with Gasteiger partial charge in [-0.15, -0.1) is 5.10 Å². The second kappa shape index (κ2) is 6.12. The molecule has 1 heterocycles. The monoisotopic (exact) mass is 240 g/mol. The zero-order valence-corrected chi connectivity index (χ0v) is 11.3. The second-order valence-corrected chi connectivity index (χ2v) is 4.46. The maximum absolute atomic E-state index is 6.32. The Morgan fingerprint density at radius 2 is 2.18 bits per heavy atom. The van der Waals surface area contributed by atoms with Crippen molar-refractivity contribution < 1.29 is 4.74 Å². The maximum Gasteiger partial charge on any atom is 0.0859 e. The molecule has 0 saturated carbocycles. The molecule has 2 N–H and O–H groups in total. The summed E-state index contributed by atoms with van der Waals surface area (Å²) in [6.45, 7) is 9.73. The van der Waals surface area contributed by atoms with Gasteiger partial charge in [-0.2, -0.15) is 0 Å². The second-order valence-electron chi connectivity index (χ2n) is 4.46. The van der Waals surface area contributed by atoms with Crippen molar-refractivity contribution in [3.05, 3.63) is 11.9 Å². The summed E-state index contributed by atoms with van der Waals surface area (Å²) in [5.41, 5.74) is 6.91. The number of hydrogen-bond donors (Lipinski definition) is 1. The van der Waals surface area contributed by atoms with Crippen molar-refractivity contribution in [1.29, 1.82) is 0 Å². The Morgan fingerprint density at radius 3 is 2.71 bits per heavy atom. The van der Waals surface area contributed by atoms with E-state index in [4.69, 9.17) is 10.5 Å². The minimum absolute atomic E-state index is 0.200. The molecule has 2 unspecified atom stereocenters. The Labute approximate surface area is 103 Å². The number of aryl methyl sites for hydroxylation is 1. The minimum atomic E-state index is -0.359. The van der Waals surface area contributed by atoms with Gasteiger partial charge < -0.3 is 10.5 Å². The summed E-state index contributed by atoms with van der Waals surface area (Å²) in [6, 6.07) is -0.200. The first-order valence-electron chi connectivity index (χ1n) is 6.37. The summed E-state index contributed by atoms with van der Waals surface area (Å²) < 4.78 is 7.68. The molecule has 0 saturated heterocycles. The Morgan fingerprint density at radius 1 is 1.47 bits per heavy atom. The Kier molecular flexibility index (Phi) is 5.08. The molecule has 5 nitrogen and oxygen atoms in total. The van der Waals surface area contributed by atoms with Gasteiger partial charge in [-0.25, -0.2) is 4.68 Å². The first-order valence-corrected chi connectivity index (χ1v) is 6.37. The molecular formula is C12H24N4O. The lowest BCUT2D eigenvalue weighted by molar-refractivity contribution is -0.0490. The van der Waals surface area contributed by atoms with Crippen LogP contribution in [0.25, 0.3) is 0 Å². The highest BCUT2D eigenvalue weighted by Crippen LogP contribution is 2.29. The molecule has 0 spiro atoms. The van der Waals surface area contributed by atoms with E-state index in [-0.39, 0.29) is 11.6 Å². The van der Waals surface area contributed by atoms with Crippen LogP contribution >= 0.6 is 0 Å². The minimum Gasteiger partial charge on any atom is -0.374 e. The van der Waals surface area contributed by atoms with Crippen molar-refractivity contribution in [2.45, 2.75) is 58.7 Å². The fourth-order valence-corrected chi connectivity index (χ4v) is 1.95. The lowest BCUT2D eigenvalue weighted by Crippen LogP contribution is -2.41. The van der Waals surface area contributed by atoms with E-state index in [1.165, 1.54) is 0 Å². The first kappa shape index (κ1) is 14.1. The normalized spacial score (nSPS) is 16.8. The lowest BCUT2D eigenvalue weighted by atomic mass is 9.91. The first-order chi connectivity index (χ1) is 8.09. The third-order valence-corrected chi connectivity index (χ3v) is 3.24. The van der Waals surface area contributed by atoms with E-state index in [2.05, 4.69) is 24.2 Å². The maximum atomic E-state index is 6.32. The molecule has 0 aliphatic heterocycles. The standard InChI is InChI=1S/C12H24N4O/c1-5-8-16-10(9-14-15-16)11(13)12(4,6-2)17-7-3/h9,11H,5-8,13H2,1-4H3. The predicted molar refractivity (Wildman–Crippen MR) is 67.6 cm³/mol. The Hall–Kier alpha value is -0.940. The Bertz CT molecular complexity index is 339. The van der Waals surface area contributed by atoms with E-state index in [1.807, 2.05) is 18.5 Å². The highest BCUT2D eigenvalue weighted by atomic mass is 16.5. The van der Waals surface area contributed by atoms with E-state index < -0.39 is 0 Å². The van der Waals surface area contributed by atoms with Gasteiger partial charge in [-0.05, 0) is 26.7 Å². The topological polar surface area (TPSA) is 66.0 Å². The molecule has 0 amide bonds. The molecule has 1 rings (SSSR count). The SMILES string of the molecule is CCCn1nncc1C(N)C(C)(CC)OCC. The smallest absolute Gasteiger partial charge is 0.0859 e. The summed E-state index contributed by atoms with van der Waals surface area (Å²) in [6.07, 6.45) is 3.62. The largest absolute Gasteiger partial charge is 0.374 e. The van der Waals surface area contributed by atoms with Crippen LogP contribution in [0.4, 0.5) is 0 Å². The van der Waals surface area contributed by atoms with Crippen LogP contribution in [0.2, 0.25) is 0 Å². The molecule has 0 aromatic carbocycles. The summed E-state index contributed by atoms with van der Waals surface area (Å²) in [4.78, 5) is 0. The van der Waals surface area contributed by atoms with Crippen LogP contribution in [0.3, 0.4) is 0 Å². The summed E-state index contributed by atoms with van der Waals surface area (Å²) in [5.74, 6) is 0. The van der Waals surface area contributed by atoms with Gasteiger partial charge in [0.2, 0.25) is 0 Å². The quantitative estimate of drug-likeness (QED) is 0.790. The molecule has 17 heavy (non-hydrogen) atoms. The van der Waals surface area contributed by atoms with Crippen LogP contribution in [0.1, 0.15) is 52.3 Å². The van der Waals surface area contributed by atoms with Crippen LogP contribution in [-0.2, 0) is 11.3 Å². The van der Waals surface area contributed by atoms with E-state index in [1.54, 1.807) is 6.20 Å². The molecule has 0 aliphatic carbocycles. The van der Waals surface area contributed by atoms with Crippen molar-refractivity contribution in [2.24, 2.45) is 5.73 Å². The molecule has 2 atom stereocenters. The molecular weight excluding hydrogens is 216 g/mol. The average Bonchev–Trinajstić information content (AvgIpc) is 2.77. The predicted octanol–water partition coefficient (Wildman–Crippen LogP) is 1.89. The van der Waals surface area contributed by atoms with Crippen LogP contribution in [0, 0.1) is 0 Å². The third-order valence-electron chi connectivity index (χ3n) is 3.24. The van der Waals surface area contributed by atoms with Crippen molar-refractivity contribution in [3.63, 3.8) is 0 Å². The van der Waals surface area contributed by atoms with Gasteiger partial charge in [0.15, 0.2) is 0 Å². The van der Waals surface area contributed by atoms with Gasteiger partial charge >= 0.3 is 0 Å². The number of hydrogen-bond acceptors (Lipinski definition) is 4. The lowest BCUT2D eigenvalue weighted by Gasteiger charge is -2.34. The molecule has 98 valence electrons. The highest BCUT2D eigenvalue weighted by Gasteiger charge is 2.33. The van der Waals surface area contributed by atoms with Crippen molar-refractivity contribution in [2.75, 3.05) is 6.61 Å². The molecule has 0 radical (unpaired) electrons. The number of aromatic nitrogens is 3. The van der Waals surface area contributed by atoms with Crippen LogP contribution < -0.4 is 5.73 Å². The van der Waals surface area contributed by atoms with Crippen LogP contribution in [-0.4, -0.2) is 27.2 Å². The van der Waals surface area contributed by atoms with Crippen molar-refractivity contribution in [3.8, 4) is 0 Å². The summed E-state index contributed by atoms with van der Waals surface area (Å²) in [7, 11) is 0. The van der Waals surface area contributed by atoms with Gasteiger partial charge in [-0.3, -0.25) is 0 Å². The molecule has 0 fully saturated rings. The van der Waals surface area contributed by atoms with Crippen LogP contribution in [0.5, 0.6) is 0 Å². The van der Waals surface area contributed by atoms with Crippen molar-refractivity contribution in [1.82, 2.24) is 15.0 Å². The molecule has 1 aromatic rings. The van der Waals surface area contributed by atoms with Gasteiger partial charge in [0, 0.05) is 13.2 Å². The fourth-order valence-electron chi connectivity index (χ4n) is 1.95. The third kappa shape index (κ3) is 3.04. The number of nitrogens with zero attached hydrogens (tertiary/aromatic N) is 3. The summed E-state index contributed by atoms with van der Waals surface area (Å²) >= 11 is 0. The van der Waals surface area contributed by atoms with Crippen LogP contribution in [0.15, 0.2) is 6.20 Å². The van der Waals surface area contributed by atoms with Gasteiger partial charge in [0.05, 0.1) is 23.5 Å². The van der Waals surface area contributed by atoms with Gasteiger partial charge in [-0.1, -0.05) is 19.1 Å². The molecule has 0 bridgehead atoms. The number of rotatable bonds is 7. The van der Waals surface area contributed by atoms with Gasteiger partial charge in [0.1, 0.15) is 0 Å². The van der Waals surface area contributed by atoms with E-state index in [0.717, 1.165) is 25.1 Å². The van der Waals surface area contributed by atoms with E-state index in [9.17, 15) is 0 Å². The Balaban J connectivity index is 2.92. The molecule has 1 aromatic heterocycles. The molecule has 5 heteroatoms. The number of nitrogens with two attached hydrogens (primary N) is 1. The fraction of sp³-hybridized carbons (Fsp3) is 0.833. The van der Waals surface area contributed by atoms with Gasteiger partial charge in [0.25, 0.3) is 0 Å². The zero-order chi connectivity index (χ0) is 12.9. The molecule has 0 aliphatic rings. The summed E-state index contributed by atoms with van der Waals surface area (Å²) in [5, 5.41) is 8.01. The van der Waals surface area contributed by atoms with E-state index in [0.29, 0.717) is 6.61 Å². The van der Waals surface area contributed by atoms with E-state index >= 15 is 0 Å². The average molecular weight is 240 g/mol. The highest BCUT2D eigenvalue weighted by molar-refractivity contribution is 5.08. The zero-order valence-electron chi connectivity index (χ0n) is 11.3. The number of ether oxygens (including phenoxy) is 1.